The summed E-state index contributed by atoms with van der Waals surface area (Å²) in [6.07, 6.45) is 0. The van der Waals surface area contributed by atoms with Crippen LogP contribution in [-0.2, 0) is 0 Å². The Morgan fingerprint density at radius 1 is 1.06 bits per heavy atom. The molecule has 0 fully saturated rings. The van der Waals surface area contributed by atoms with Crippen molar-refractivity contribution < 1.29 is 14.3 Å². The van der Waals surface area contributed by atoms with Crippen LogP contribution in [0, 0.1) is 5.82 Å². The van der Waals surface area contributed by atoms with Crippen LogP contribution in [0.4, 0.5) is 4.39 Å². The van der Waals surface area contributed by atoms with Crippen molar-refractivity contribution in [2.45, 2.75) is 0 Å². The van der Waals surface area contributed by atoms with Gasteiger partial charge in [0, 0.05) is 10.0 Å². The van der Waals surface area contributed by atoms with Crippen LogP contribution in [0.2, 0.25) is 10.0 Å². The summed E-state index contributed by atoms with van der Waals surface area (Å²) < 4.78 is 13.3. The molecule has 0 spiro atoms. The van der Waals surface area contributed by atoms with Gasteiger partial charge in [0.25, 0.3) is 0 Å². The molecule has 0 saturated heterocycles. The maximum Gasteiger partial charge on any atom is 0.336 e. The van der Waals surface area contributed by atoms with Gasteiger partial charge in [-0.25, -0.2) is 9.18 Å². The van der Waals surface area contributed by atoms with E-state index in [1.165, 1.54) is 30.3 Å². The van der Waals surface area contributed by atoms with Crippen molar-refractivity contribution >= 4 is 29.2 Å². The molecule has 92 valence electrons. The molecule has 0 saturated carbocycles. The molecule has 0 aromatic heterocycles. The lowest BCUT2D eigenvalue weighted by molar-refractivity contribution is 0.0697. The predicted molar refractivity (Wildman–Crippen MR) is 68.8 cm³/mol. The van der Waals surface area contributed by atoms with Gasteiger partial charge in [0.1, 0.15) is 5.82 Å². The zero-order valence-corrected chi connectivity index (χ0v) is 10.5. The minimum absolute atomic E-state index is 0.0427. The summed E-state index contributed by atoms with van der Waals surface area (Å²) in [7, 11) is 0. The van der Waals surface area contributed by atoms with Crippen LogP contribution in [0.15, 0.2) is 36.4 Å². The number of aromatic carboxylic acids is 1. The van der Waals surface area contributed by atoms with Gasteiger partial charge in [-0.15, -0.1) is 0 Å². The van der Waals surface area contributed by atoms with Crippen molar-refractivity contribution in [3.8, 4) is 11.1 Å². The Balaban J connectivity index is 2.68. The second-order valence-electron chi connectivity index (χ2n) is 3.65. The average molecular weight is 285 g/mol. The first-order valence-electron chi connectivity index (χ1n) is 4.96. The second kappa shape index (κ2) is 4.96. The third-order valence-electron chi connectivity index (χ3n) is 2.39. The lowest BCUT2D eigenvalue weighted by atomic mass is 10.00. The van der Waals surface area contributed by atoms with Crippen LogP contribution in [0.25, 0.3) is 11.1 Å². The molecule has 2 nitrogen and oxygen atoms in total. The molecule has 2 aromatic carbocycles. The highest BCUT2D eigenvalue weighted by Crippen LogP contribution is 2.29. The second-order valence-corrected chi connectivity index (χ2v) is 4.53. The van der Waals surface area contributed by atoms with Crippen LogP contribution in [0.5, 0.6) is 0 Å². The largest absolute Gasteiger partial charge is 0.478 e. The quantitative estimate of drug-likeness (QED) is 0.882. The van der Waals surface area contributed by atoms with Crippen molar-refractivity contribution in [1.82, 2.24) is 0 Å². The zero-order chi connectivity index (χ0) is 13.3. The Morgan fingerprint density at radius 3 is 2.39 bits per heavy atom. The van der Waals surface area contributed by atoms with Crippen molar-refractivity contribution in [2.24, 2.45) is 0 Å². The maximum atomic E-state index is 13.3. The maximum absolute atomic E-state index is 13.3. The van der Waals surface area contributed by atoms with Gasteiger partial charge >= 0.3 is 5.97 Å². The summed E-state index contributed by atoms with van der Waals surface area (Å²) in [6, 6.07) is 8.16. The average Bonchev–Trinajstić information content (AvgIpc) is 2.27. The summed E-state index contributed by atoms with van der Waals surface area (Å²) in [6.45, 7) is 0. The number of carboxylic acids is 1. The van der Waals surface area contributed by atoms with Crippen LogP contribution in [-0.4, -0.2) is 11.1 Å². The summed E-state index contributed by atoms with van der Waals surface area (Å²) >= 11 is 11.6. The first-order valence-corrected chi connectivity index (χ1v) is 5.72. The summed E-state index contributed by atoms with van der Waals surface area (Å²) in [5.41, 5.74) is 0.748. The molecular formula is C13H7Cl2FO2. The molecule has 2 aromatic rings. The van der Waals surface area contributed by atoms with E-state index in [1.807, 2.05) is 0 Å². The van der Waals surface area contributed by atoms with E-state index in [4.69, 9.17) is 28.3 Å². The topological polar surface area (TPSA) is 37.3 Å². The summed E-state index contributed by atoms with van der Waals surface area (Å²) in [5.74, 6) is -1.64. The van der Waals surface area contributed by atoms with E-state index >= 15 is 0 Å². The predicted octanol–water partition coefficient (Wildman–Crippen LogP) is 4.50. The highest BCUT2D eigenvalue weighted by Gasteiger charge is 2.13. The van der Waals surface area contributed by atoms with Crippen LogP contribution in [0.3, 0.4) is 0 Å². The molecular weight excluding hydrogens is 278 g/mol. The number of hydrogen-bond acceptors (Lipinski definition) is 1. The molecule has 2 rings (SSSR count). The van der Waals surface area contributed by atoms with Crippen LogP contribution < -0.4 is 0 Å². The molecule has 0 amide bonds. The number of benzene rings is 2. The fourth-order valence-electron chi connectivity index (χ4n) is 1.65. The molecule has 0 aliphatic carbocycles. The van der Waals surface area contributed by atoms with Crippen molar-refractivity contribution in [2.75, 3.05) is 0 Å². The molecule has 1 N–H and O–H groups in total. The molecule has 0 atom stereocenters. The molecule has 0 unspecified atom stereocenters. The van der Waals surface area contributed by atoms with Gasteiger partial charge in [-0.1, -0.05) is 23.2 Å². The monoisotopic (exact) mass is 284 g/mol. The van der Waals surface area contributed by atoms with Gasteiger partial charge in [-0.05, 0) is 47.5 Å². The van der Waals surface area contributed by atoms with E-state index in [0.29, 0.717) is 16.1 Å². The molecule has 18 heavy (non-hydrogen) atoms. The first-order chi connectivity index (χ1) is 8.47. The zero-order valence-electron chi connectivity index (χ0n) is 8.95. The lowest BCUT2D eigenvalue weighted by Gasteiger charge is -2.07. The van der Waals surface area contributed by atoms with E-state index in [-0.39, 0.29) is 10.6 Å². The van der Waals surface area contributed by atoms with E-state index in [0.717, 1.165) is 6.07 Å². The number of halogens is 3. The number of rotatable bonds is 2. The molecule has 0 heterocycles. The summed E-state index contributed by atoms with van der Waals surface area (Å²) in [5, 5.41) is 9.65. The highest BCUT2D eigenvalue weighted by atomic mass is 35.5. The third-order valence-corrected chi connectivity index (χ3v) is 2.84. The minimum Gasteiger partial charge on any atom is -0.478 e. The van der Waals surface area contributed by atoms with Gasteiger partial charge in [-0.3, -0.25) is 0 Å². The van der Waals surface area contributed by atoms with Gasteiger partial charge in [0.15, 0.2) is 0 Å². The van der Waals surface area contributed by atoms with Crippen molar-refractivity contribution in [1.29, 1.82) is 0 Å². The van der Waals surface area contributed by atoms with Crippen molar-refractivity contribution in [3.63, 3.8) is 0 Å². The normalized spacial score (nSPS) is 10.4. The third kappa shape index (κ3) is 2.63. The number of carbonyl (C=O) groups is 1. The Labute approximate surface area is 113 Å². The highest BCUT2D eigenvalue weighted by molar-refractivity contribution is 6.31. The SMILES string of the molecule is O=C(O)c1ccc(Cl)cc1-c1cc(F)cc(Cl)c1. The molecule has 0 aliphatic rings. The van der Waals surface area contributed by atoms with Crippen LogP contribution >= 0.6 is 23.2 Å². The fraction of sp³-hybridized carbons (Fsp3) is 0. The van der Waals surface area contributed by atoms with E-state index in [9.17, 15) is 9.18 Å². The van der Waals surface area contributed by atoms with E-state index in [1.54, 1.807) is 0 Å². The number of hydrogen-bond donors (Lipinski definition) is 1. The molecule has 0 radical (unpaired) electrons. The smallest absolute Gasteiger partial charge is 0.336 e. The van der Waals surface area contributed by atoms with Crippen molar-refractivity contribution in [3.05, 3.63) is 57.8 Å². The van der Waals surface area contributed by atoms with E-state index in [2.05, 4.69) is 0 Å². The Bertz CT molecular complexity index is 606. The van der Waals surface area contributed by atoms with Gasteiger partial charge in [0.2, 0.25) is 0 Å². The molecule has 0 bridgehead atoms. The fourth-order valence-corrected chi connectivity index (χ4v) is 2.05. The Hall–Kier alpha value is -1.58. The van der Waals surface area contributed by atoms with Gasteiger partial charge < -0.3 is 5.11 Å². The van der Waals surface area contributed by atoms with Crippen LogP contribution in [0.1, 0.15) is 10.4 Å². The Morgan fingerprint density at radius 2 is 1.78 bits per heavy atom. The summed E-state index contributed by atoms with van der Waals surface area (Å²) in [4.78, 5) is 11.1. The van der Waals surface area contributed by atoms with E-state index < -0.39 is 11.8 Å². The molecule has 0 aliphatic heterocycles. The first kappa shape index (κ1) is 12.9. The molecule has 5 heteroatoms. The van der Waals surface area contributed by atoms with Gasteiger partial charge in [0.05, 0.1) is 5.56 Å². The number of carboxylic acid groups (broad SMARTS) is 1. The Kier molecular flexibility index (Phi) is 3.55. The lowest BCUT2D eigenvalue weighted by Crippen LogP contribution is -1.99. The minimum atomic E-state index is -1.11. The standard InChI is InChI=1S/C13H7Cl2FO2/c14-8-1-2-11(13(17)18)12(6-8)7-3-9(15)5-10(16)4-7/h1-6H,(H,17,18). The van der Waals surface area contributed by atoms with Gasteiger partial charge in [-0.2, -0.15) is 0 Å².